The van der Waals surface area contributed by atoms with Gasteiger partial charge in [-0.3, -0.25) is 4.79 Å². The van der Waals surface area contributed by atoms with Crippen LogP contribution >= 0.6 is 11.6 Å². The van der Waals surface area contributed by atoms with Crippen molar-refractivity contribution in [2.75, 3.05) is 6.26 Å². The molecular weight excluding hydrogens is 422 g/mol. The van der Waals surface area contributed by atoms with Crippen molar-refractivity contribution in [2.24, 2.45) is 0 Å². The van der Waals surface area contributed by atoms with Gasteiger partial charge < -0.3 is 9.67 Å². The molecule has 0 fully saturated rings. The van der Waals surface area contributed by atoms with Gasteiger partial charge in [-0.25, -0.2) is 8.42 Å². The van der Waals surface area contributed by atoms with E-state index in [-0.39, 0.29) is 17.2 Å². The zero-order valence-electron chi connectivity index (χ0n) is 16.6. The summed E-state index contributed by atoms with van der Waals surface area (Å²) in [6, 6.07) is 10.9. The van der Waals surface area contributed by atoms with Gasteiger partial charge in [-0.1, -0.05) is 36.4 Å². The lowest BCUT2D eigenvalue weighted by molar-refractivity contribution is -0.137. The number of carboxylic acids is 1. The third kappa shape index (κ3) is 3.66. The molecule has 0 aliphatic heterocycles. The Morgan fingerprint density at radius 1 is 1.30 bits per heavy atom. The Morgan fingerprint density at radius 2 is 2.00 bits per heavy atom. The molecular formula is C23H22ClNO4S. The molecule has 0 saturated carbocycles. The van der Waals surface area contributed by atoms with E-state index in [0.717, 1.165) is 46.1 Å². The standard InChI is InChI=1S/C23H22ClNO4S/c1-3-15-10-18(30(2,28)29)12-20-19-9-6-16(11-21(26)27)23(19)25(22(15)20)13-14-4-7-17(24)8-5-14/h3-5,7-8,10,12,16H,1,6,9,11,13H2,2H3,(H,26,27). The molecule has 1 atom stereocenters. The summed E-state index contributed by atoms with van der Waals surface area (Å²) in [5, 5.41) is 10.9. The molecule has 30 heavy (non-hydrogen) atoms. The van der Waals surface area contributed by atoms with E-state index in [1.807, 2.05) is 24.3 Å². The summed E-state index contributed by atoms with van der Waals surface area (Å²) in [5.74, 6) is -0.950. The summed E-state index contributed by atoms with van der Waals surface area (Å²) in [6.07, 6.45) is 4.36. The van der Waals surface area contributed by atoms with Crippen LogP contribution in [0.1, 0.15) is 41.1 Å². The minimum absolute atomic E-state index is 0.0479. The molecule has 1 aliphatic rings. The van der Waals surface area contributed by atoms with Gasteiger partial charge in [0.15, 0.2) is 9.84 Å². The van der Waals surface area contributed by atoms with E-state index < -0.39 is 15.8 Å². The van der Waals surface area contributed by atoms with E-state index in [2.05, 4.69) is 11.1 Å². The average molecular weight is 444 g/mol. The van der Waals surface area contributed by atoms with Crippen molar-refractivity contribution in [3.05, 3.63) is 70.4 Å². The molecule has 1 aromatic heterocycles. The third-order valence-electron chi connectivity index (χ3n) is 5.76. The molecule has 4 rings (SSSR count). The molecule has 0 saturated heterocycles. The fourth-order valence-electron chi connectivity index (χ4n) is 4.48. The molecule has 0 radical (unpaired) electrons. The number of hydrogen-bond acceptors (Lipinski definition) is 3. The van der Waals surface area contributed by atoms with Gasteiger partial charge >= 0.3 is 5.97 Å². The second kappa shape index (κ2) is 7.60. The Hall–Kier alpha value is -2.57. The van der Waals surface area contributed by atoms with Crippen LogP contribution in [0.15, 0.2) is 47.9 Å². The number of nitrogens with zero attached hydrogens (tertiary/aromatic N) is 1. The van der Waals surface area contributed by atoms with E-state index in [4.69, 9.17) is 11.6 Å². The molecule has 2 aromatic carbocycles. The van der Waals surface area contributed by atoms with Gasteiger partial charge in [-0.15, -0.1) is 0 Å². The van der Waals surface area contributed by atoms with Gasteiger partial charge in [-0.05, 0) is 53.8 Å². The van der Waals surface area contributed by atoms with Crippen LogP contribution in [-0.4, -0.2) is 30.3 Å². The summed E-state index contributed by atoms with van der Waals surface area (Å²) in [4.78, 5) is 11.7. The smallest absolute Gasteiger partial charge is 0.304 e. The lowest BCUT2D eigenvalue weighted by atomic mass is 10.0. The first-order chi connectivity index (χ1) is 14.2. The maximum absolute atomic E-state index is 12.3. The lowest BCUT2D eigenvalue weighted by Crippen LogP contribution is -2.11. The van der Waals surface area contributed by atoms with Crippen molar-refractivity contribution < 1.29 is 18.3 Å². The van der Waals surface area contributed by atoms with Crippen molar-refractivity contribution in [2.45, 2.75) is 36.6 Å². The third-order valence-corrected chi connectivity index (χ3v) is 7.10. The van der Waals surface area contributed by atoms with E-state index in [1.165, 1.54) is 6.26 Å². The second-order valence-corrected chi connectivity index (χ2v) is 10.2. The summed E-state index contributed by atoms with van der Waals surface area (Å²) in [5.41, 5.74) is 4.68. The summed E-state index contributed by atoms with van der Waals surface area (Å²) in [6.45, 7) is 4.43. The van der Waals surface area contributed by atoms with E-state index in [9.17, 15) is 18.3 Å². The number of sulfone groups is 1. The lowest BCUT2D eigenvalue weighted by Gasteiger charge is -2.17. The monoisotopic (exact) mass is 443 g/mol. The highest BCUT2D eigenvalue weighted by atomic mass is 35.5. The topological polar surface area (TPSA) is 76.4 Å². The number of benzene rings is 2. The first-order valence-electron chi connectivity index (χ1n) is 9.66. The quantitative estimate of drug-likeness (QED) is 0.588. The Balaban J connectivity index is 2.00. The summed E-state index contributed by atoms with van der Waals surface area (Å²) < 4.78 is 26.6. The first-order valence-corrected chi connectivity index (χ1v) is 11.9. The van der Waals surface area contributed by atoms with Crippen LogP contribution < -0.4 is 0 Å². The van der Waals surface area contributed by atoms with Crippen molar-refractivity contribution in [1.82, 2.24) is 4.57 Å². The molecule has 1 aliphatic carbocycles. The van der Waals surface area contributed by atoms with Crippen LogP contribution in [0.4, 0.5) is 0 Å². The highest BCUT2D eigenvalue weighted by Crippen LogP contribution is 2.44. The predicted molar refractivity (Wildman–Crippen MR) is 119 cm³/mol. The number of aliphatic carboxylic acids is 1. The largest absolute Gasteiger partial charge is 0.481 e. The molecule has 1 unspecified atom stereocenters. The number of hydrogen-bond donors (Lipinski definition) is 1. The van der Waals surface area contributed by atoms with Gasteiger partial charge in [0.2, 0.25) is 0 Å². The van der Waals surface area contributed by atoms with Crippen LogP contribution in [0, 0.1) is 0 Å². The van der Waals surface area contributed by atoms with Crippen molar-refractivity contribution in [1.29, 1.82) is 0 Å². The fourth-order valence-corrected chi connectivity index (χ4v) is 5.28. The fraction of sp³-hybridized carbons (Fsp3) is 0.261. The zero-order valence-corrected chi connectivity index (χ0v) is 18.1. The number of aromatic nitrogens is 1. The van der Waals surface area contributed by atoms with Gasteiger partial charge in [-0.2, -0.15) is 0 Å². The normalized spacial score (nSPS) is 16.0. The number of aryl methyl sites for hydroxylation is 1. The van der Waals surface area contributed by atoms with Crippen LogP contribution in [-0.2, 0) is 27.6 Å². The highest BCUT2D eigenvalue weighted by Gasteiger charge is 2.32. The summed E-state index contributed by atoms with van der Waals surface area (Å²) >= 11 is 6.03. The first kappa shape index (κ1) is 20.7. The molecule has 156 valence electrons. The Labute approximate surface area is 180 Å². The molecule has 1 heterocycles. The number of carbonyl (C=O) groups is 1. The number of carboxylic acid groups (broad SMARTS) is 1. The minimum Gasteiger partial charge on any atom is -0.481 e. The Kier molecular flexibility index (Phi) is 5.24. The van der Waals surface area contributed by atoms with Crippen LogP contribution in [0.25, 0.3) is 17.0 Å². The molecule has 0 bridgehead atoms. The molecule has 5 nitrogen and oxygen atoms in total. The predicted octanol–water partition coefficient (Wildman–Crippen LogP) is 4.89. The molecule has 0 spiro atoms. The minimum atomic E-state index is -3.40. The van der Waals surface area contributed by atoms with Crippen molar-refractivity contribution in [3.8, 4) is 0 Å². The van der Waals surface area contributed by atoms with Crippen LogP contribution in [0.3, 0.4) is 0 Å². The maximum Gasteiger partial charge on any atom is 0.304 e. The number of rotatable bonds is 6. The van der Waals surface area contributed by atoms with Gasteiger partial charge in [0.05, 0.1) is 16.8 Å². The SMILES string of the molecule is C=Cc1cc(S(C)(=O)=O)cc2c3c(n(Cc4ccc(Cl)cc4)c12)C(CC(=O)O)CC3. The summed E-state index contributed by atoms with van der Waals surface area (Å²) in [7, 11) is -3.40. The highest BCUT2D eigenvalue weighted by molar-refractivity contribution is 7.90. The maximum atomic E-state index is 12.3. The van der Waals surface area contributed by atoms with Gasteiger partial charge in [0, 0.05) is 34.8 Å². The molecule has 0 amide bonds. The Bertz CT molecular complexity index is 1270. The average Bonchev–Trinajstić information content (AvgIpc) is 3.21. The van der Waals surface area contributed by atoms with E-state index in [0.29, 0.717) is 11.6 Å². The van der Waals surface area contributed by atoms with Crippen molar-refractivity contribution >= 4 is 44.4 Å². The van der Waals surface area contributed by atoms with Crippen LogP contribution in [0.2, 0.25) is 5.02 Å². The van der Waals surface area contributed by atoms with Crippen LogP contribution in [0.5, 0.6) is 0 Å². The van der Waals surface area contributed by atoms with E-state index >= 15 is 0 Å². The van der Waals surface area contributed by atoms with Gasteiger partial charge in [0.25, 0.3) is 0 Å². The van der Waals surface area contributed by atoms with Gasteiger partial charge in [0.1, 0.15) is 0 Å². The second-order valence-electron chi connectivity index (χ2n) is 7.79. The molecule has 3 aromatic rings. The van der Waals surface area contributed by atoms with E-state index in [1.54, 1.807) is 18.2 Å². The number of fused-ring (bicyclic) bond motifs is 3. The number of halogens is 1. The van der Waals surface area contributed by atoms with Crippen molar-refractivity contribution in [3.63, 3.8) is 0 Å². The zero-order chi connectivity index (χ0) is 21.6. The molecule has 1 N–H and O–H groups in total. The Morgan fingerprint density at radius 3 is 2.60 bits per heavy atom. The molecule has 7 heteroatoms.